The maximum atomic E-state index is 13.3. The van der Waals surface area contributed by atoms with Gasteiger partial charge in [-0.2, -0.15) is 0 Å². The summed E-state index contributed by atoms with van der Waals surface area (Å²) in [4.78, 5) is 43.6. The van der Waals surface area contributed by atoms with Gasteiger partial charge in [-0.15, -0.1) is 0 Å². The first kappa shape index (κ1) is 21.9. The van der Waals surface area contributed by atoms with Crippen LogP contribution in [0.15, 0.2) is 72.9 Å². The molecule has 9 heteroatoms. The number of carbonyl (C=O) groups is 2. The molecule has 0 N–H and O–H groups in total. The van der Waals surface area contributed by atoms with Gasteiger partial charge >= 0.3 is 5.97 Å². The lowest BCUT2D eigenvalue weighted by atomic mass is 10.1. The molecule has 1 aromatic heterocycles. The fraction of sp³-hybridized carbons (Fsp3) is 0.208. The van der Waals surface area contributed by atoms with Crippen molar-refractivity contribution in [3.8, 4) is 5.75 Å². The van der Waals surface area contributed by atoms with Gasteiger partial charge in [0.15, 0.2) is 5.75 Å². The number of hydrogen-bond acceptors (Lipinski definition) is 7. The molecule has 1 amide bonds. The third-order valence-electron chi connectivity index (χ3n) is 5.30. The van der Waals surface area contributed by atoms with Gasteiger partial charge in [0.1, 0.15) is 6.54 Å². The molecule has 0 aliphatic carbocycles. The SMILES string of the molecule is O=C1CN(CC(=O)N(CCc2ccccn2)Cc2ccccc2)c2ccc([N+](=O)[O-])cc2O1. The van der Waals surface area contributed by atoms with Crippen molar-refractivity contribution in [3.63, 3.8) is 0 Å². The summed E-state index contributed by atoms with van der Waals surface area (Å²) in [6, 6.07) is 19.3. The Morgan fingerprint density at radius 3 is 2.64 bits per heavy atom. The molecular weight excluding hydrogens is 424 g/mol. The Morgan fingerprint density at radius 2 is 1.91 bits per heavy atom. The highest BCUT2D eigenvalue weighted by Crippen LogP contribution is 2.35. The van der Waals surface area contributed by atoms with Crippen molar-refractivity contribution in [2.24, 2.45) is 0 Å². The zero-order chi connectivity index (χ0) is 23.2. The van der Waals surface area contributed by atoms with E-state index in [2.05, 4.69) is 4.98 Å². The molecule has 0 radical (unpaired) electrons. The average molecular weight is 446 g/mol. The number of esters is 1. The molecule has 33 heavy (non-hydrogen) atoms. The van der Waals surface area contributed by atoms with E-state index in [0.717, 1.165) is 11.3 Å². The molecule has 2 heterocycles. The van der Waals surface area contributed by atoms with Gasteiger partial charge in [0, 0.05) is 37.5 Å². The van der Waals surface area contributed by atoms with E-state index in [1.165, 1.54) is 18.2 Å². The van der Waals surface area contributed by atoms with E-state index < -0.39 is 10.9 Å². The normalized spacial score (nSPS) is 12.6. The van der Waals surface area contributed by atoms with Crippen molar-refractivity contribution >= 4 is 23.3 Å². The number of anilines is 1. The summed E-state index contributed by atoms with van der Waals surface area (Å²) in [5.74, 6) is -0.663. The first-order chi connectivity index (χ1) is 16.0. The van der Waals surface area contributed by atoms with Crippen LogP contribution in [0.25, 0.3) is 0 Å². The first-order valence-electron chi connectivity index (χ1n) is 10.5. The van der Waals surface area contributed by atoms with Gasteiger partial charge < -0.3 is 14.5 Å². The molecule has 2 aromatic carbocycles. The summed E-state index contributed by atoms with van der Waals surface area (Å²) < 4.78 is 5.18. The maximum Gasteiger partial charge on any atom is 0.331 e. The standard InChI is InChI=1S/C24H22N4O5/c29-23(16-27-17-24(30)33-22-14-20(28(31)32)9-10-21(22)27)26(15-18-6-2-1-3-7-18)13-11-19-8-4-5-12-25-19/h1-10,12,14H,11,13,15-17H2. The summed E-state index contributed by atoms with van der Waals surface area (Å²) in [6.45, 7) is 0.693. The number of nitrogens with zero attached hydrogens (tertiary/aromatic N) is 4. The topological polar surface area (TPSA) is 106 Å². The number of amides is 1. The molecule has 0 spiro atoms. The van der Waals surface area contributed by atoms with Crippen LogP contribution in [0, 0.1) is 10.1 Å². The Bertz CT molecular complexity index is 1150. The van der Waals surface area contributed by atoms with E-state index in [1.807, 2.05) is 48.5 Å². The molecule has 9 nitrogen and oxygen atoms in total. The van der Waals surface area contributed by atoms with Crippen molar-refractivity contribution in [1.82, 2.24) is 9.88 Å². The van der Waals surface area contributed by atoms with E-state index in [4.69, 9.17) is 4.74 Å². The predicted octanol–water partition coefficient (Wildman–Crippen LogP) is 2.99. The van der Waals surface area contributed by atoms with Crippen LogP contribution in [0.3, 0.4) is 0 Å². The van der Waals surface area contributed by atoms with Crippen LogP contribution in [0.4, 0.5) is 11.4 Å². The molecule has 4 rings (SSSR count). The number of pyridine rings is 1. The molecule has 0 bridgehead atoms. The van der Waals surface area contributed by atoms with Crippen LogP contribution >= 0.6 is 0 Å². The van der Waals surface area contributed by atoms with Gasteiger partial charge in [-0.05, 0) is 23.8 Å². The minimum absolute atomic E-state index is 0.0606. The number of nitro groups is 1. The van der Waals surface area contributed by atoms with Gasteiger partial charge in [-0.3, -0.25) is 19.9 Å². The lowest BCUT2D eigenvalue weighted by Gasteiger charge is -2.31. The summed E-state index contributed by atoms with van der Waals surface area (Å²) in [5, 5.41) is 11.1. The molecule has 0 unspecified atom stereocenters. The third-order valence-corrected chi connectivity index (χ3v) is 5.30. The molecule has 1 aliphatic heterocycles. The monoisotopic (exact) mass is 446 g/mol. The molecule has 1 aliphatic rings. The van der Waals surface area contributed by atoms with Crippen molar-refractivity contribution in [2.45, 2.75) is 13.0 Å². The highest BCUT2D eigenvalue weighted by atomic mass is 16.6. The van der Waals surface area contributed by atoms with Crippen LogP contribution in [-0.4, -0.2) is 46.3 Å². The average Bonchev–Trinajstić information content (AvgIpc) is 2.82. The Balaban J connectivity index is 1.53. The number of benzene rings is 2. The Hall–Kier alpha value is -4.27. The number of fused-ring (bicyclic) bond motifs is 1. The molecule has 0 atom stereocenters. The fourth-order valence-corrected chi connectivity index (χ4v) is 3.65. The van der Waals surface area contributed by atoms with Crippen LogP contribution < -0.4 is 9.64 Å². The van der Waals surface area contributed by atoms with Gasteiger partial charge in [0.05, 0.1) is 23.2 Å². The minimum Gasteiger partial charge on any atom is -0.423 e. The van der Waals surface area contributed by atoms with Gasteiger partial charge in [-0.25, -0.2) is 4.79 Å². The minimum atomic E-state index is -0.570. The number of carbonyl (C=O) groups excluding carboxylic acids is 2. The highest BCUT2D eigenvalue weighted by molar-refractivity contribution is 5.89. The van der Waals surface area contributed by atoms with Gasteiger partial charge in [0.25, 0.3) is 5.69 Å². The highest BCUT2D eigenvalue weighted by Gasteiger charge is 2.29. The van der Waals surface area contributed by atoms with Gasteiger partial charge in [0.2, 0.25) is 5.91 Å². The summed E-state index contributed by atoms with van der Waals surface area (Å²) >= 11 is 0. The molecule has 3 aromatic rings. The van der Waals surface area contributed by atoms with Gasteiger partial charge in [-0.1, -0.05) is 36.4 Å². The summed E-state index contributed by atoms with van der Waals surface area (Å²) in [5.41, 5.74) is 2.15. The Kier molecular flexibility index (Phi) is 6.58. The second-order valence-corrected chi connectivity index (χ2v) is 7.61. The van der Waals surface area contributed by atoms with E-state index >= 15 is 0 Å². The maximum absolute atomic E-state index is 13.3. The Labute approximate surface area is 190 Å². The number of rotatable bonds is 8. The lowest BCUT2D eigenvalue weighted by Crippen LogP contribution is -2.45. The largest absolute Gasteiger partial charge is 0.423 e. The third kappa shape index (κ3) is 5.51. The molecule has 0 fully saturated rings. The van der Waals surface area contributed by atoms with Crippen LogP contribution in [-0.2, 0) is 22.6 Å². The lowest BCUT2D eigenvalue weighted by molar-refractivity contribution is -0.384. The van der Waals surface area contributed by atoms with E-state index in [-0.39, 0.29) is 30.4 Å². The number of non-ortho nitro benzene ring substituents is 1. The van der Waals surface area contributed by atoms with Crippen molar-refractivity contribution in [1.29, 1.82) is 0 Å². The van der Waals surface area contributed by atoms with E-state index in [0.29, 0.717) is 25.2 Å². The molecular formula is C24H22N4O5. The van der Waals surface area contributed by atoms with Crippen molar-refractivity contribution < 1.29 is 19.2 Å². The fourth-order valence-electron chi connectivity index (χ4n) is 3.65. The van der Waals surface area contributed by atoms with Crippen LogP contribution in [0.2, 0.25) is 0 Å². The number of ether oxygens (including phenoxy) is 1. The molecule has 0 saturated carbocycles. The molecule has 0 saturated heterocycles. The van der Waals surface area contributed by atoms with Crippen molar-refractivity contribution in [2.75, 3.05) is 24.5 Å². The zero-order valence-electron chi connectivity index (χ0n) is 17.8. The number of hydrogen-bond donors (Lipinski definition) is 0. The first-order valence-corrected chi connectivity index (χ1v) is 10.5. The Morgan fingerprint density at radius 1 is 1.12 bits per heavy atom. The quantitative estimate of drug-likeness (QED) is 0.227. The van der Waals surface area contributed by atoms with Crippen molar-refractivity contribution in [3.05, 3.63) is 94.3 Å². The van der Waals surface area contributed by atoms with Crippen LogP contribution in [0.5, 0.6) is 5.75 Å². The number of aromatic nitrogens is 1. The smallest absolute Gasteiger partial charge is 0.331 e. The second-order valence-electron chi connectivity index (χ2n) is 7.61. The second kappa shape index (κ2) is 9.90. The summed E-state index contributed by atoms with van der Waals surface area (Å²) in [6.07, 6.45) is 2.30. The predicted molar refractivity (Wildman–Crippen MR) is 121 cm³/mol. The van der Waals surface area contributed by atoms with E-state index in [9.17, 15) is 19.7 Å². The van der Waals surface area contributed by atoms with E-state index in [1.54, 1.807) is 16.0 Å². The molecule has 168 valence electrons. The van der Waals surface area contributed by atoms with Crippen LogP contribution in [0.1, 0.15) is 11.3 Å². The zero-order valence-corrected chi connectivity index (χ0v) is 17.8. The summed E-state index contributed by atoms with van der Waals surface area (Å²) in [7, 11) is 0. The number of nitro benzene ring substituents is 1.